The van der Waals surface area contributed by atoms with Crippen LogP contribution in [0.25, 0.3) is 5.70 Å². The van der Waals surface area contributed by atoms with E-state index in [2.05, 4.69) is 6.58 Å². The number of rotatable bonds is 2. The SMILES string of the molecule is C=CCc1ccc2c(c1)C(N)=C(O)C(C)(C)O2. The Kier molecular flexibility index (Phi) is 2.62. The third-order valence-electron chi connectivity index (χ3n) is 2.90. The molecule has 3 nitrogen and oxygen atoms in total. The second-order valence-electron chi connectivity index (χ2n) is 4.70. The van der Waals surface area contributed by atoms with E-state index in [1.807, 2.05) is 24.3 Å². The highest BCUT2D eigenvalue weighted by atomic mass is 16.5. The van der Waals surface area contributed by atoms with Crippen LogP contribution in [0, 0.1) is 0 Å². The van der Waals surface area contributed by atoms with E-state index in [0.717, 1.165) is 17.5 Å². The quantitative estimate of drug-likeness (QED) is 0.769. The molecule has 1 aliphatic heterocycles. The fourth-order valence-corrected chi connectivity index (χ4v) is 1.95. The van der Waals surface area contributed by atoms with Crippen molar-refractivity contribution in [3.05, 3.63) is 47.7 Å². The first-order valence-corrected chi connectivity index (χ1v) is 5.58. The minimum atomic E-state index is -0.767. The maximum atomic E-state index is 9.98. The largest absolute Gasteiger partial charge is 0.506 e. The second kappa shape index (κ2) is 3.84. The molecule has 90 valence electrons. The summed E-state index contributed by atoms with van der Waals surface area (Å²) in [5.41, 5.74) is 7.42. The lowest BCUT2D eigenvalue weighted by Crippen LogP contribution is -2.36. The van der Waals surface area contributed by atoms with Crippen LogP contribution in [0.1, 0.15) is 25.0 Å². The van der Waals surface area contributed by atoms with E-state index in [0.29, 0.717) is 11.4 Å². The number of benzene rings is 1. The number of hydrogen-bond acceptors (Lipinski definition) is 3. The molecular weight excluding hydrogens is 214 g/mol. The molecule has 0 unspecified atom stereocenters. The monoisotopic (exact) mass is 231 g/mol. The van der Waals surface area contributed by atoms with E-state index in [9.17, 15) is 5.11 Å². The van der Waals surface area contributed by atoms with E-state index in [4.69, 9.17) is 10.5 Å². The fraction of sp³-hybridized carbons (Fsp3) is 0.286. The van der Waals surface area contributed by atoms with Crippen molar-refractivity contribution in [3.63, 3.8) is 0 Å². The van der Waals surface area contributed by atoms with Gasteiger partial charge in [0.15, 0.2) is 11.4 Å². The predicted octanol–water partition coefficient (Wildman–Crippen LogP) is 2.77. The zero-order chi connectivity index (χ0) is 12.6. The van der Waals surface area contributed by atoms with Crippen LogP contribution >= 0.6 is 0 Å². The van der Waals surface area contributed by atoms with E-state index in [1.54, 1.807) is 13.8 Å². The van der Waals surface area contributed by atoms with E-state index < -0.39 is 5.60 Å². The molecule has 0 atom stereocenters. The normalized spacial score (nSPS) is 17.3. The van der Waals surface area contributed by atoms with E-state index in [1.165, 1.54) is 0 Å². The molecule has 1 aliphatic rings. The van der Waals surface area contributed by atoms with Gasteiger partial charge in [-0.15, -0.1) is 6.58 Å². The lowest BCUT2D eigenvalue weighted by molar-refractivity contribution is 0.0917. The van der Waals surface area contributed by atoms with Gasteiger partial charge < -0.3 is 15.6 Å². The summed E-state index contributed by atoms with van der Waals surface area (Å²) in [6, 6.07) is 5.79. The van der Waals surface area contributed by atoms with Gasteiger partial charge in [-0.05, 0) is 38.0 Å². The smallest absolute Gasteiger partial charge is 0.162 e. The molecule has 0 saturated heterocycles. The molecule has 1 aromatic rings. The molecule has 0 saturated carbocycles. The first-order valence-electron chi connectivity index (χ1n) is 5.58. The minimum Gasteiger partial charge on any atom is -0.506 e. The van der Waals surface area contributed by atoms with Gasteiger partial charge in [0.05, 0.1) is 5.70 Å². The van der Waals surface area contributed by atoms with Gasteiger partial charge in [-0.1, -0.05) is 12.1 Å². The third kappa shape index (κ3) is 1.88. The molecule has 0 spiro atoms. The Morgan fingerprint density at radius 2 is 2.18 bits per heavy atom. The summed E-state index contributed by atoms with van der Waals surface area (Å²) in [7, 11) is 0. The molecule has 1 aromatic carbocycles. The van der Waals surface area contributed by atoms with Gasteiger partial charge in [0.2, 0.25) is 0 Å². The van der Waals surface area contributed by atoms with Crippen molar-refractivity contribution in [2.75, 3.05) is 0 Å². The van der Waals surface area contributed by atoms with Crippen molar-refractivity contribution in [3.8, 4) is 5.75 Å². The summed E-state index contributed by atoms with van der Waals surface area (Å²) < 4.78 is 5.72. The highest BCUT2D eigenvalue weighted by Gasteiger charge is 2.34. The minimum absolute atomic E-state index is 0.0840. The highest BCUT2D eigenvalue weighted by Crippen LogP contribution is 2.37. The molecule has 3 heteroatoms. The van der Waals surface area contributed by atoms with Crippen molar-refractivity contribution < 1.29 is 9.84 Å². The van der Waals surface area contributed by atoms with Crippen molar-refractivity contribution in [1.29, 1.82) is 0 Å². The number of hydrogen-bond donors (Lipinski definition) is 2. The Morgan fingerprint density at radius 1 is 1.47 bits per heavy atom. The molecule has 0 fully saturated rings. The van der Waals surface area contributed by atoms with E-state index >= 15 is 0 Å². The van der Waals surface area contributed by atoms with Crippen molar-refractivity contribution in [2.24, 2.45) is 5.73 Å². The van der Waals surface area contributed by atoms with Crippen LogP contribution in [0.3, 0.4) is 0 Å². The average Bonchev–Trinajstić information content (AvgIpc) is 2.27. The summed E-state index contributed by atoms with van der Waals surface area (Å²) in [5.74, 6) is 0.791. The number of allylic oxidation sites excluding steroid dienone is 1. The second-order valence-corrected chi connectivity index (χ2v) is 4.70. The fourth-order valence-electron chi connectivity index (χ4n) is 1.95. The number of nitrogens with two attached hydrogens (primary N) is 1. The number of fused-ring (bicyclic) bond motifs is 1. The van der Waals surface area contributed by atoms with Crippen LogP contribution in [0.5, 0.6) is 5.75 Å². The van der Waals surface area contributed by atoms with Gasteiger partial charge >= 0.3 is 0 Å². The van der Waals surface area contributed by atoms with E-state index in [-0.39, 0.29) is 5.76 Å². The highest BCUT2D eigenvalue weighted by molar-refractivity contribution is 5.73. The van der Waals surface area contributed by atoms with Gasteiger partial charge in [-0.2, -0.15) is 0 Å². The third-order valence-corrected chi connectivity index (χ3v) is 2.90. The molecule has 0 radical (unpaired) electrons. The standard InChI is InChI=1S/C14H17NO2/c1-4-5-9-6-7-11-10(8-9)12(15)13(16)14(2,3)17-11/h4,6-8,16H,1,5,15H2,2-3H3. The Labute approximate surface area is 101 Å². The summed E-state index contributed by atoms with van der Waals surface area (Å²) in [6.07, 6.45) is 2.60. The van der Waals surface area contributed by atoms with Crippen LogP contribution in [0.4, 0.5) is 0 Å². The maximum absolute atomic E-state index is 9.98. The predicted molar refractivity (Wildman–Crippen MR) is 68.8 cm³/mol. The number of aliphatic hydroxyl groups excluding tert-OH is 1. The molecule has 2 rings (SSSR count). The molecular formula is C14H17NO2. The van der Waals surface area contributed by atoms with Crippen LogP contribution < -0.4 is 10.5 Å². The Bertz CT molecular complexity index is 501. The van der Waals surface area contributed by atoms with Crippen LogP contribution in [0.2, 0.25) is 0 Å². The van der Waals surface area contributed by atoms with Crippen LogP contribution in [-0.2, 0) is 6.42 Å². The first kappa shape index (κ1) is 11.6. The average molecular weight is 231 g/mol. The Hall–Kier alpha value is -1.90. The van der Waals surface area contributed by atoms with Gasteiger partial charge in [-0.25, -0.2) is 0 Å². The van der Waals surface area contributed by atoms with Crippen molar-refractivity contribution >= 4 is 5.70 Å². The molecule has 0 aromatic heterocycles. The number of aliphatic hydroxyl groups is 1. The van der Waals surface area contributed by atoms with Crippen LogP contribution in [0.15, 0.2) is 36.6 Å². The molecule has 3 N–H and O–H groups in total. The summed E-state index contributed by atoms with van der Waals surface area (Å²) in [6.45, 7) is 7.28. The molecule has 0 aliphatic carbocycles. The number of ether oxygens (including phenoxy) is 1. The maximum Gasteiger partial charge on any atom is 0.162 e. The Balaban J connectivity index is 2.54. The van der Waals surface area contributed by atoms with Gasteiger partial charge in [0.25, 0.3) is 0 Å². The molecule has 0 bridgehead atoms. The summed E-state index contributed by atoms with van der Waals surface area (Å²) in [5, 5.41) is 9.98. The first-order chi connectivity index (χ1) is 7.95. The van der Waals surface area contributed by atoms with Crippen LogP contribution in [-0.4, -0.2) is 10.7 Å². The lowest BCUT2D eigenvalue weighted by atomic mass is 9.95. The van der Waals surface area contributed by atoms with Gasteiger partial charge in [-0.3, -0.25) is 0 Å². The van der Waals surface area contributed by atoms with Gasteiger partial charge in [0, 0.05) is 5.56 Å². The Morgan fingerprint density at radius 3 is 2.82 bits per heavy atom. The molecule has 17 heavy (non-hydrogen) atoms. The summed E-state index contributed by atoms with van der Waals surface area (Å²) >= 11 is 0. The van der Waals surface area contributed by atoms with Gasteiger partial charge in [0.1, 0.15) is 5.75 Å². The molecule has 0 amide bonds. The summed E-state index contributed by atoms with van der Waals surface area (Å²) in [4.78, 5) is 0. The molecule has 1 heterocycles. The topological polar surface area (TPSA) is 55.5 Å². The van der Waals surface area contributed by atoms with Crippen molar-refractivity contribution in [1.82, 2.24) is 0 Å². The zero-order valence-electron chi connectivity index (χ0n) is 10.2. The zero-order valence-corrected chi connectivity index (χ0v) is 10.2. The van der Waals surface area contributed by atoms with Crippen molar-refractivity contribution in [2.45, 2.75) is 25.9 Å². The lowest BCUT2D eigenvalue weighted by Gasteiger charge is -2.32.